The van der Waals surface area contributed by atoms with Gasteiger partial charge in [-0.3, -0.25) is 14.5 Å². The zero-order valence-electron chi connectivity index (χ0n) is 15.9. The van der Waals surface area contributed by atoms with E-state index in [2.05, 4.69) is 11.9 Å². The summed E-state index contributed by atoms with van der Waals surface area (Å²) in [7, 11) is 0. The Hall–Kier alpha value is -1.85. The van der Waals surface area contributed by atoms with Crippen LogP contribution in [-0.2, 0) is 9.59 Å². The number of piperidine rings is 1. The summed E-state index contributed by atoms with van der Waals surface area (Å²) >= 11 is 0. The highest BCUT2D eigenvalue weighted by atomic mass is 16.2. The summed E-state index contributed by atoms with van der Waals surface area (Å²) in [6.07, 6.45) is 2.88. The highest BCUT2D eigenvalue weighted by molar-refractivity contribution is 6.07. The molecule has 0 saturated carbocycles. The Bertz CT molecular complexity index is 566. The van der Waals surface area contributed by atoms with E-state index in [-0.39, 0.29) is 36.2 Å². The van der Waals surface area contributed by atoms with Crippen molar-refractivity contribution in [2.24, 2.45) is 11.8 Å². The first kappa shape index (κ1) is 19.5. The predicted molar refractivity (Wildman–Crippen MR) is 96.8 cm³/mol. The average Bonchev–Trinajstić information content (AvgIpc) is 2.85. The number of amides is 4. The van der Waals surface area contributed by atoms with Gasteiger partial charge in [-0.25, -0.2) is 4.79 Å². The molecule has 0 aromatic rings. The molecule has 0 aromatic carbocycles. The third-order valence-corrected chi connectivity index (χ3v) is 5.73. The normalized spacial score (nSPS) is 25.9. The Morgan fingerprint density at radius 1 is 1.32 bits per heavy atom. The number of imide groups is 1. The number of hydrogen-bond acceptors (Lipinski definition) is 3. The van der Waals surface area contributed by atoms with Crippen molar-refractivity contribution in [2.75, 3.05) is 19.6 Å². The zero-order valence-corrected chi connectivity index (χ0v) is 15.9. The first-order valence-corrected chi connectivity index (χ1v) is 9.34. The summed E-state index contributed by atoms with van der Waals surface area (Å²) in [5.41, 5.74) is -0.0534. The maximum atomic E-state index is 13.0. The van der Waals surface area contributed by atoms with Gasteiger partial charge in [-0.1, -0.05) is 32.9 Å². The van der Waals surface area contributed by atoms with Crippen molar-refractivity contribution in [2.45, 2.75) is 58.9 Å². The SMILES string of the molecule is C=C(C)CN1C(=O)N[C@@](CC)(C2CCN(C(=O)[C@@H](C)CC)CC2)C1=O. The van der Waals surface area contributed by atoms with Gasteiger partial charge < -0.3 is 10.2 Å². The molecule has 0 unspecified atom stereocenters. The molecule has 2 aliphatic rings. The molecule has 2 rings (SSSR count). The fraction of sp³-hybridized carbons (Fsp3) is 0.737. The smallest absolute Gasteiger partial charge is 0.325 e. The Labute approximate surface area is 150 Å². The molecule has 6 heteroatoms. The second-order valence-electron chi connectivity index (χ2n) is 7.51. The van der Waals surface area contributed by atoms with Crippen molar-refractivity contribution < 1.29 is 14.4 Å². The van der Waals surface area contributed by atoms with Crippen LogP contribution >= 0.6 is 0 Å². The van der Waals surface area contributed by atoms with Gasteiger partial charge in [0, 0.05) is 19.0 Å². The lowest BCUT2D eigenvalue weighted by atomic mass is 9.75. The predicted octanol–water partition coefficient (Wildman–Crippen LogP) is 2.55. The molecular formula is C19H31N3O3. The molecule has 0 aliphatic carbocycles. The zero-order chi connectivity index (χ0) is 18.8. The van der Waals surface area contributed by atoms with E-state index in [1.807, 2.05) is 32.6 Å². The molecule has 2 aliphatic heterocycles. The molecule has 2 atom stereocenters. The molecule has 4 amide bonds. The van der Waals surface area contributed by atoms with Crippen molar-refractivity contribution in [1.82, 2.24) is 15.1 Å². The Balaban J connectivity index is 2.10. The van der Waals surface area contributed by atoms with E-state index < -0.39 is 5.54 Å². The molecule has 0 aromatic heterocycles. The van der Waals surface area contributed by atoms with Crippen molar-refractivity contribution in [3.05, 3.63) is 12.2 Å². The van der Waals surface area contributed by atoms with Crippen molar-refractivity contribution >= 4 is 17.8 Å². The molecule has 0 spiro atoms. The van der Waals surface area contributed by atoms with Gasteiger partial charge in [-0.15, -0.1) is 0 Å². The van der Waals surface area contributed by atoms with Gasteiger partial charge in [0.2, 0.25) is 5.91 Å². The molecule has 2 heterocycles. The molecule has 0 bridgehead atoms. The van der Waals surface area contributed by atoms with Crippen LogP contribution in [0.5, 0.6) is 0 Å². The average molecular weight is 349 g/mol. The van der Waals surface area contributed by atoms with Crippen LogP contribution < -0.4 is 5.32 Å². The van der Waals surface area contributed by atoms with Gasteiger partial charge in [0.15, 0.2) is 0 Å². The summed E-state index contributed by atoms with van der Waals surface area (Å²) in [6, 6.07) is -0.326. The van der Waals surface area contributed by atoms with Crippen LogP contribution in [0, 0.1) is 11.8 Å². The summed E-state index contributed by atoms with van der Waals surface area (Å²) in [5.74, 6) is 0.146. The lowest BCUT2D eigenvalue weighted by molar-refractivity contribution is -0.138. The van der Waals surface area contributed by atoms with E-state index in [0.717, 1.165) is 24.8 Å². The fourth-order valence-corrected chi connectivity index (χ4v) is 3.94. The van der Waals surface area contributed by atoms with Gasteiger partial charge in [0.25, 0.3) is 5.91 Å². The summed E-state index contributed by atoms with van der Waals surface area (Å²) in [5, 5.41) is 2.96. The van der Waals surface area contributed by atoms with Gasteiger partial charge in [0.05, 0.1) is 6.54 Å². The monoisotopic (exact) mass is 349 g/mol. The number of rotatable bonds is 6. The minimum atomic E-state index is -0.835. The highest BCUT2D eigenvalue weighted by Gasteiger charge is 2.54. The standard InChI is InChI=1S/C19H31N3O3/c1-6-14(5)16(23)21-10-8-15(9-11-21)19(7-2)17(24)22(12-13(3)4)18(25)20-19/h14-15H,3,6-12H2,1-2,4-5H3,(H,20,25)/t14-,19-/m0/s1. The fourth-order valence-electron chi connectivity index (χ4n) is 3.94. The largest absolute Gasteiger partial charge is 0.342 e. The molecule has 6 nitrogen and oxygen atoms in total. The van der Waals surface area contributed by atoms with E-state index in [9.17, 15) is 14.4 Å². The molecular weight excluding hydrogens is 318 g/mol. The second kappa shape index (κ2) is 7.58. The molecule has 2 saturated heterocycles. The number of hydrogen-bond donors (Lipinski definition) is 1. The molecule has 140 valence electrons. The molecule has 2 fully saturated rings. The lowest BCUT2D eigenvalue weighted by Crippen LogP contribution is -2.56. The van der Waals surface area contributed by atoms with E-state index in [0.29, 0.717) is 19.5 Å². The minimum absolute atomic E-state index is 0.0376. The Morgan fingerprint density at radius 2 is 1.92 bits per heavy atom. The molecule has 1 N–H and O–H groups in total. The topological polar surface area (TPSA) is 69.7 Å². The van der Waals surface area contributed by atoms with Gasteiger partial charge in [0.1, 0.15) is 5.54 Å². The van der Waals surface area contributed by atoms with Crippen molar-refractivity contribution in [1.29, 1.82) is 0 Å². The van der Waals surface area contributed by atoms with Crippen LogP contribution in [0.25, 0.3) is 0 Å². The van der Waals surface area contributed by atoms with Crippen LogP contribution in [0.1, 0.15) is 53.4 Å². The van der Waals surface area contributed by atoms with Crippen molar-refractivity contribution in [3.63, 3.8) is 0 Å². The quantitative estimate of drug-likeness (QED) is 0.592. The van der Waals surface area contributed by atoms with Crippen LogP contribution in [-0.4, -0.2) is 52.8 Å². The molecule has 0 radical (unpaired) electrons. The number of nitrogens with one attached hydrogen (secondary N) is 1. The van der Waals surface area contributed by atoms with E-state index in [1.165, 1.54) is 4.90 Å². The van der Waals surface area contributed by atoms with Crippen molar-refractivity contribution in [3.8, 4) is 0 Å². The third kappa shape index (κ3) is 3.58. The maximum Gasteiger partial charge on any atom is 0.325 e. The van der Waals surface area contributed by atoms with E-state index in [1.54, 1.807) is 0 Å². The summed E-state index contributed by atoms with van der Waals surface area (Å²) < 4.78 is 0. The molecule has 25 heavy (non-hydrogen) atoms. The summed E-state index contributed by atoms with van der Waals surface area (Å²) in [6.45, 7) is 13.1. The van der Waals surface area contributed by atoms with Gasteiger partial charge in [-0.2, -0.15) is 0 Å². The minimum Gasteiger partial charge on any atom is -0.342 e. The van der Waals surface area contributed by atoms with E-state index >= 15 is 0 Å². The number of carbonyl (C=O) groups excluding carboxylic acids is 3. The van der Waals surface area contributed by atoms with Crippen LogP contribution in [0.2, 0.25) is 0 Å². The Kier molecular flexibility index (Phi) is 5.91. The third-order valence-electron chi connectivity index (χ3n) is 5.73. The van der Waals surface area contributed by atoms with Crippen LogP contribution in [0.4, 0.5) is 4.79 Å². The Morgan fingerprint density at radius 3 is 2.40 bits per heavy atom. The summed E-state index contributed by atoms with van der Waals surface area (Å²) in [4.78, 5) is 40.9. The van der Waals surface area contributed by atoms with Gasteiger partial charge >= 0.3 is 6.03 Å². The highest BCUT2D eigenvalue weighted by Crippen LogP contribution is 2.36. The second-order valence-corrected chi connectivity index (χ2v) is 7.51. The maximum absolute atomic E-state index is 13.0. The first-order chi connectivity index (χ1) is 11.8. The number of nitrogens with zero attached hydrogens (tertiary/aromatic N) is 2. The number of carbonyl (C=O) groups is 3. The van der Waals surface area contributed by atoms with Crippen LogP contribution in [0.3, 0.4) is 0 Å². The lowest BCUT2D eigenvalue weighted by Gasteiger charge is -2.41. The van der Waals surface area contributed by atoms with Gasteiger partial charge in [-0.05, 0) is 38.5 Å². The number of urea groups is 1. The van der Waals surface area contributed by atoms with Crippen LogP contribution in [0.15, 0.2) is 12.2 Å². The number of likely N-dealkylation sites (tertiary alicyclic amines) is 1. The van der Waals surface area contributed by atoms with E-state index in [4.69, 9.17) is 0 Å². The first-order valence-electron chi connectivity index (χ1n) is 9.34.